The Hall–Kier alpha value is -3.18. The molecule has 11 heteroatoms. The fourth-order valence-corrected chi connectivity index (χ4v) is 5.42. The minimum Gasteiger partial charge on any atom is -0.467 e. The Kier molecular flexibility index (Phi) is 5.78. The number of rotatable bonds is 7. The standard InChI is InChI=1S/C21H20FN3O5S2/c1-2-31(26,27)24-18-7-4-3-6-17(18)19-14-20(21-8-5-13-30-21)25(23-19)32(28,29)16-11-9-15(22)10-12-16/h3-13,20,24H,2,14H2,1H3/t20-/m1/s1. The van der Waals surface area contributed by atoms with E-state index in [0.29, 0.717) is 22.7 Å². The van der Waals surface area contributed by atoms with Crippen molar-refractivity contribution in [2.45, 2.75) is 24.3 Å². The summed E-state index contributed by atoms with van der Waals surface area (Å²) in [5, 5.41) is 4.36. The molecule has 8 nitrogen and oxygen atoms in total. The summed E-state index contributed by atoms with van der Waals surface area (Å²) < 4.78 is 73.1. The first-order chi connectivity index (χ1) is 15.2. The van der Waals surface area contributed by atoms with E-state index in [1.165, 1.54) is 25.3 Å². The molecule has 0 spiro atoms. The van der Waals surface area contributed by atoms with Crippen molar-refractivity contribution in [3.8, 4) is 0 Å². The van der Waals surface area contributed by atoms with Gasteiger partial charge < -0.3 is 4.42 Å². The highest BCUT2D eigenvalue weighted by atomic mass is 32.2. The summed E-state index contributed by atoms with van der Waals surface area (Å²) in [7, 11) is -7.70. The number of benzene rings is 2. The van der Waals surface area contributed by atoms with Gasteiger partial charge in [-0.05, 0) is 49.4 Å². The number of anilines is 1. The van der Waals surface area contributed by atoms with Crippen molar-refractivity contribution in [2.24, 2.45) is 5.10 Å². The minimum atomic E-state index is -4.14. The summed E-state index contributed by atoms with van der Waals surface area (Å²) in [4.78, 5) is -0.125. The van der Waals surface area contributed by atoms with Gasteiger partial charge in [-0.15, -0.1) is 0 Å². The molecule has 168 valence electrons. The van der Waals surface area contributed by atoms with E-state index < -0.39 is 31.9 Å². The van der Waals surface area contributed by atoms with Crippen LogP contribution in [0.5, 0.6) is 0 Å². The molecule has 1 N–H and O–H groups in total. The lowest BCUT2D eigenvalue weighted by atomic mass is 10.0. The van der Waals surface area contributed by atoms with Gasteiger partial charge in [0.05, 0.1) is 28.3 Å². The van der Waals surface area contributed by atoms with Crippen molar-refractivity contribution in [3.63, 3.8) is 0 Å². The van der Waals surface area contributed by atoms with Crippen molar-refractivity contribution in [2.75, 3.05) is 10.5 Å². The van der Waals surface area contributed by atoms with Gasteiger partial charge in [-0.2, -0.15) is 17.9 Å². The fraction of sp³-hybridized carbons (Fsp3) is 0.190. The van der Waals surface area contributed by atoms with E-state index in [-0.39, 0.29) is 17.1 Å². The predicted molar refractivity (Wildman–Crippen MR) is 118 cm³/mol. The lowest BCUT2D eigenvalue weighted by Gasteiger charge is -2.21. The number of nitrogens with zero attached hydrogens (tertiary/aromatic N) is 2. The molecule has 0 bridgehead atoms. The summed E-state index contributed by atoms with van der Waals surface area (Å²) in [5.74, 6) is -0.302. The van der Waals surface area contributed by atoms with E-state index >= 15 is 0 Å². The van der Waals surface area contributed by atoms with Crippen LogP contribution in [0.2, 0.25) is 0 Å². The number of hydrogen-bond acceptors (Lipinski definition) is 6. The van der Waals surface area contributed by atoms with E-state index in [0.717, 1.165) is 16.5 Å². The first kappa shape index (κ1) is 22.0. The molecule has 0 saturated carbocycles. The lowest BCUT2D eigenvalue weighted by molar-refractivity contribution is 0.320. The van der Waals surface area contributed by atoms with Crippen LogP contribution in [0.3, 0.4) is 0 Å². The Morgan fingerprint density at radius 3 is 2.44 bits per heavy atom. The first-order valence-electron chi connectivity index (χ1n) is 9.72. The van der Waals surface area contributed by atoms with Crippen LogP contribution in [0, 0.1) is 5.82 Å². The van der Waals surface area contributed by atoms with Crippen molar-refractivity contribution in [1.29, 1.82) is 0 Å². The van der Waals surface area contributed by atoms with Crippen LogP contribution in [0.25, 0.3) is 0 Å². The number of furan rings is 1. The third-order valence-electron chi connectivity index (χ3n) is 4.99. The van der Waals surface area contributed by atoms with Crippen molar-refractivity contribution in [1.82, 2.24) is 4.41 Å². The molecule has 1 atom stereocenters. The third-order valence-corrected chi connectivity index (χ3v) is 7.97. The van der Waals surface area contributed by atoms with Crippen LogP contribution in [-0.2, 0) is 20.0 Å². The van der Waals surface area contributed by atoms with Crippen LogP contribution in [0.4, 0.5) is 10.1 Å². The zero-order valence-corrected chi connectivity index (χ0v) is 18.6. The van der Waals surface area contributed by atoms with Crippen molar-refractivity contribution >= 4 is 31.4 Å². The summed E-state index contributed by atoms with van der Waals surface area (Å²) in [6, 6.07) is 13.6. The molecule has 0 fully saturated rings. The van der Waals surface area contributed by atoms with Gasteiger partial charge in [0.25, 0.3) is 10.0 Å². The van der Waals surface area contributed by atoms with Gasteiger partial charge in [0.1, 0.15) is 17.6 Å². The van der Waals surface area contributed by atoms with Gasteiger partial charge in [0.2, 0.25) is 10.0 Å². The number of para-hydroxylation sites is 1. The van der Waals surface area contributed by atoms with Crippen LogP contribution < -0.4 is 4.72 Å². The van der Waals surface area contributed by atoms with Crippen LogP contribution >= 0.6 is 0 Å². The highest BCUT2D eigenvalue weighted by molar-refractivity contribution is 7.92. The average Bonchev–Trinajstić information content (AvgIpc) is 3.44. The normalized spacial score (nSPS) is 16.8. The molecule has 0 radical (unpaired) electrons. The first-order valence-corrected chi connectivity index (χ1v) is 12.8. The second kappa shape index (κ2) is 8.40. The van der Waals surface area contributed by atoms with Crippen LogP contribution in [0.15, 0.2) is 81.3 Å². The Morgan fingerprint density at radius 2 is 1.78 bits per heavy atom. The molecule has 32 heavy (non-hydrogen) atoms. The quantitative estimate of drug-likeness (QED) is 0.558. The molecular weight excluding hydrogens is 457 g/mol. The number of nitrogens with one attached hydrogen (secondary N) is 1. The number of hydrogen-bond donors (Lipinski definition) is 1. The maximum absolute atomic E-state index is 13.3. The average molecular weight is 478 g/mol. The van der Waals surface area contributed by atoms with Gasteiger partial charge in [-0.1, -0.05) is 18.2 Å². The maximum atomic E-state index is 13.3. The third kappa shape index (κ3) is 4.26. The SMILES string of the molecule is CCS(=O)(=O)Nc1ccccc1C1=NN(S(=O)(=O)c2ccc(F)cc2)[C@@H](c2ccco2)C1. The van der Waals surface area contributed by atoms with E-state index in [2.05, 4.69) is 9.82 Å². The molecule has 2 aromatic carbocycles. The van der Waals surface area contributed by atoms with Crippen LogP contribution in [0.1, 0.15) is 30.7 Å². The van der Waals surface area contributed by atoms with Gasteiger partial charge in [-0.3, -0.25) is 4.72 Å². The van der Waals surface area contributed by atoms with E-state index in [1.54, 1.807) is 36.4 Å². The molecule has 3 aromatic rings. The summed E-state index contributed by atoms with van der Waals surface area (Å²) in [6.45, 7) is 1.52. The zero-order chi connectivity index (χ0) is 22.9. The highest BCUT2D eigenvalue weighted by Gasteiger charge is 2.39. The second-order valence-corrected chi connectivity index (χ2v) is 10.9. The van der Waals surface area contributed by atoms with Crippen LogP contribution in [-0.4, -0.2) is 32.7 Å². The molecule has 0 aliphatic carbocycles. The molecule has 4 rings (SSSR count). The van der Waals surface area contributed by atoms with Gasteiger partial charge in [-0.25, -0.2) is 12.8 Å². The van der Waals surface area contributed by atoms with Gasteiger partial charge >= 0.3 is 0 Å². The smallest absolute Gasteiger partial charge is 0.279 e. The van der Waals surface area contributed by atoms with E-state index in [4.69, 9.17) is 4.42 Å². The predicted octanol–water partition coefficient (Wildman–Crippen LogP) is 3.72. The molecule has 0 unspecified atom stereocenters. The molecule has 0 saturated heterocycles. The molecule has 2 heterocycles. The molecule has 1 aromatic heterocycles. The summed E-state index contributed by atoms with van der Waals surface area (Å²) in [6.07, 6.45) is 1.58. The Bertz CT molecular complexity index is 1350. The molecule has 0 amide bonds. The largest absolute Gasteiger partial charge is 0.467 e. The molecule has 1 aliphatic heterocycles. The monoisotopic (exact) mass is 477 g/mol. The van der Waals surface area contributed by atoms with E-state index in [1.807, 2.05) is 0 Å². The zero-order valence-electron chi connectivity index (χ0n) is 17.0. The topological polar surface area (TPSA) is 109 Å². The van der Waals surface area contributed by atoms with Crippen molar-refractivity contribution < 1.29 is 25.6 Å². The number of halogens is 1. The molecular formula is C21H20FN3O5S2. The Labute approximate surface area is 185 Å². The summed E-state index contributed by atoms with van der Waals surface area (Å²) in [5.41, 5.74) is 1.12. The highest BCUT2D eigenvalue weighted by Crippen LogP contribution is 2.38. The number of hydrazone groups is 1. The molecule has 1 aliphatic rings. The van der Waals surface area contributed by atoms with E-state index in [9.17, 15) is 21.2 Å². The lowest BCUT2D eigenvalue weighted by Crippen LogP contribution is -2.27. The van der Waals surface area contributed by atoms with Gasteiger partial charge in [0, 0.05) is 12.0 Å². The Balaban J connectivity index is 1.80. The number of sulfonamides is 2. The second-order valence-electron chi connectivity index (χ2n) is 7.06. The van der Waals surface area contributed by atoms with Gasteiger partial charge in [0.15, 0.2) is 0 Å². The minimum absolute atomic E-state index is 0.117. The fourth-order valence-electron chi connectivity index (χ4n) is 3.34. The van der Waals surface area contributed by atoms with Crippen molar-refractivity contribution in [3.05, 3.63) is 84.1 Å². The Morgan fingerprint density at radius 1 is 1.06 bits per heavy atom. The summed E-state index contributed by atoms with van der Waals surface area (Å²) >= 11 is 0. The maximum Gasteiger partial charge on any atom is 0.279 e.